The predicted octanol–water partition coefficient (Wildman–Crippen LogP) is 2.07. The smallest absolute Gasteiger partial charge is 0.183 e. The molecule has 8 heteroatoms. The first-order valence-corrected chi connectivity index (χ1v) is 8.39. The Morgan fingerprint density at radius 1 is 1.19 bits per heavy atom. The molecule has 3 heterocycles. The van der Waals surface area contributed by atoms with E-state index in [1.165, 1.54) is 6.20 Å². The lowest BCUT2D eigenvalue weighted by Crippen LogP contribution is -2.48. The molecule has 3 aromatic rings. The van der Waals surface area contributed by atoms with Crippen molar-refractivity contribution < 1.29 is 4.74 Å². The van der Waals surface area contributed by atoms with E-state index in [1.807, 2.05) is 47.0 Å². The van der Waals surface area contributed by atoms with E-state index in [0.29, 0.717) is 18.1 Å². The highest BCUT2D eigenvalue weighted by Crippen LogP contribution is 2.28. The summed E-state index contributed by atoms with van der Waals surface area (Å²) in [5, 5.41) is 17.7. The van der Waals surface area contributed by atoms with Crippen molar-refractivity contribution in [1.82, 2.24) is 25.0 Å². The van der Waals surface area contributed by atoms with E-state index in [1.54, 1.807) is 6.20 Å². The van der Waals surface area contributed by atoms with Crippen molar-refractivity contribution in [2.24, 2.45) is 0 Å². The molecule has 26 heavy (non-hydrogen) atoms. The fourth-order valence-corrected chi connectivity index (χ4v) is 2.91. The van der Waals surface area contributed by atoms with E-state index in [-0.39, 0.29) is 6.04 Å². The monoisotopic (exact) mass is 347 g/mol. The Labute approximate surface area is 150 Å². The Morgan fingerprint density at radius 2 is 1.96 bits per heavy atom. The number of aromatic nitrogens is 5. The van der Waals surface area contributed by atoms with Gasteiger partial charge in [0.1, 0.15) is 17.5 Å². The van der Waals surface area contributed by atoms with Crippen LogP contribution in [0.5, 0.6) is 5.75 Å². The molecule has 0 radical (unpaired) electrons. The number of ether oxygens (including phenoxy) is 1. The molecular weight excluding hydrogens is 330 g/mol. The summed E-state index contributed by atoms with van der Waals surface area (Å²) in [6.45, 7) is 4.05. The largest absolute Gasteiger partial charge is 0.494 e. The van der Waals surface area contributed by atoms with Crippen molar-refractivity contribution in [3.63, 3.8) is 0 Å². The van der Waals surface area contributed by atoms with Gasteiger partial charge in [0.25, 0.3) is 0 Å². The number of nitrogens with zero attached hydrogens (tertiary/aromatic N) is 7. The first-order valence-electron chi connectivity index (χ1n) is 8.39. The van der Waals surface area contributed by atoms with Crippen molar-refractivity contribution in [3.05, 3.63) is 48.5 Å². The molecule has 0 bridgehead atoms. The fourth-order valence-electron chi connectivity index (χ4n) is 2.91. The van der Waals surface area contributed by atoms with Crippen molar-refractivity contribution in [2.45, 2.75) is 13.0 Å². The quantitative estimate of drug-likeness (QED) is 0.697. The summed E-state index contributed by atoms with van der Waals surface area (Å²) in [7, 11) is 0. The summed E-state index contributed by atoms with van der Waals surface area (Å²) >= 11 is 0. The predicted molar refractivity (Wildman–Crippen MR) is 94.6 cm³/mol. The molecule has 1 fully saturated rings. The third kappa shape index (κ3) is 2.95. The third-order valence-electron chi connectivity index (χ3n) is 4.29. The molecular formula is C18H17N7O. The summed E-state index contributed by atoms with van der Waals surface area (Å²) in [4.78, 5) is 10.3. The molecule has 0 aliphatic carbocycles. The Morgan fingerprint density at radius 3 is 2.69 bits per heavy atom. The van der Waals surface area contributed by atoms with E-state index in [0.717, 1.165) is 30.1 Å². The van der Waals surface area contributed by atoms with Gasteiger partial charge in [0.15, 0.2) is 11.5 Å². The maximum absolute atomic E-state index is 9.14. The van der Waals surface area contributed by atoms with Crippen LogP contribution >= 0.6 is 0 Å². The van der Waals surface area contributed by atoms with Crippen molar-refractivity contribution in [2.75, 3.05) is 24.6 Å². The number of benzene rings is 1. The molecule has 0 amide bonds. The summed E-state index contributed by atoms with van der Waals surface area (Å²) in [5.41, 5.74) is 2.17. The molecule has 0 unspecified atom stereocenters. The van der Waals surface area contributed by atoms with Gasteiger partial charge in [0, 0.05) is 31.0 Å². The minimum Gasteiger partial charge on any atom is -0.494 e. The molecule has 2 aromatic heterocycles. The number of rotatable bonds is 5. The van der Waals surface area contributed by atoms with Crippen molar-refractivity contribution in [3.8, 4) is 23.1 Å². The van der Waals surface area contributed by atoms with Gasteiger partial charge in [-0.3, -0.25) is 0 Å². The zero-order chi connectivity index (χ0) is 17.9. The molecule has 1 aliphatic rings. The van der Waals surface area contributed by atoms with Gasteiger partial charge in [-0.2, -0.15) is 5.26 Å². The summed E-state index contributed by atoms with van der Waals surface area (Å²) in [6, 6.07) is 10.1. The van der Waals surface area contributed by atoms with Gasteiger partial charge in [0.2, 0.25) is 0 Å². The van der Waals surface area contributed by atoms with E-state index in [9.17, 15) is 0 Å². The van der Waals surface area contributed by atoms with Crippen LogP contribution in [0.25, 0.3) is 11.3 Å². The number of anilines is 1. The fraction of sp³-hybridized carbons (Fsp3) is 0.278. The van der Waals surface area contributed by atoms with Gasteiger partial charge in [-0.1, -0.05) is 5.21 Å². The molecule has 1 aromatic carbocycles. The van der Waals surface area contributed by atoms with Crippen LogP contribution in [0.15, 0.2) is 42.9 Å². The lowest BCUT2D eigenvalue weighted by atomic mass is 10.1. The second-order valence-electron chi connectivity index (χ2n) is 5.94. The Bertz CT molecular complexity index is 939. The second-order valence-corrected chi connectivity index (χ2v) is 5.94. The van der Waals surface area contributed by atoms with Crippen LogP contribution in [0.1, 0.15) is 18.7 Å². The number of nitriles is 1. The number of hydrogen-bond acceptors (Lipinski definition) is 7. The van der Waals surface area contributed by atoms with Gasteiger partial charge in [-0.25, -0.2) is 14.6 Å². The van der Waals surface area contributed by atoms with E-state index in [4.69, 9.17) is 10.00 Å². The molecule has 4 rings (SSSR count). The minimum atomic E-state index is 0.201. The topological polar surface area (TPSA) is 92.8 Å². The highest BCUT2D eigenvalue weighted by Gasteiger charge is 2.32. The highest BCUT2D eigenvalue weighted by atomic mass is 16.5. The van der Waals surface area contributed by atoms with Crippen LogP contribution in [0, 0.1) is 11.3 Å². The third-order valence-corrected chi connectivity index (χ3v) is 4.29. The molecule has 0 N–H and O–H groups in total. The maximum atomic E-state index is 9.14. The SMILES string of the molecule is CCOc1ccc(-c2cn(C3CN(c4nccnc4C#N)C3)nn2)cc1. The average molecular weight is 347 g/mol. The molecule has 8 nitrogen and oxygen atoms in total. The highest BCUT2D eigenvalue weighted by molar-refractivity contribution is 5.59. The van der Waals surface area contributed by atoms with Crippen LogP contribution in [0.3, 0.4) is 0 Å². The molecule has 0 spiro atoms. The summed E-state index contributed by atoms with van der Waals surface area (Å²) in [5.74, 6) is 1.47. The Hall–Kier alpha value is -3.47. The minimum absolute atomic E-state index is 0.201. The normalized spacial score (nSPS) is 13.9. The van der Waals surface area contributed by atoms with Crippen LogP contribution in [-0.2, 0) is 0 Å². The first kappa shape index (κ1) is 16.0. The Balaban J connectivity index is 1.44. The van der Waals surface area contributed by atoms with Gasteiger partial charge in [-0.15, -0.1) is 5.10 Å². The van der Waals surface area contributed by atoms with E-state index >= 15 is 0 Å². The molecule has 1 saturated heterocycles. The Kier molecular flexibility index (Phi) is 4.19. The number of hydrogen-bond donors (Lipinski definition) is 0. The molecule has 0 saturated carbocycles. The van der Waals surface area contributed by atoms with Crippen molar-refractivity contribution in [1.29, 1.82) is 5.26 Å². The lowest BCUT2D eigenvalue weighted by molar-refractivity contribution is 0.340. The summed E-state index contributed by atoms with van der Waals surface area (Å²) in [6.07, 6.45) is 5.07. The van der Waals surface area contributed by atoms with Crippen molar-refractivity contribution >= 4 is 5.82 Å². The van der Waals surface area contributed by atoms with Gasteiger partial charge >= 0.3 is 0 Å². The molecule has 0 atom stereocenters. The maximum Gasteiger partial charge on any atom is 0.183 e. The molecule has 1 aliphatic heterocycles. The van der Waals surface area contributed by atoms with Crippen LogP contribution in [-0.4, -0.2) is 44.7 Å². The zero-order valence-electron chi connectivity index (χ0n) is 14.3. The summed E-state index contributed by atoms with van der Waals surface area (Å²) < 4.78 is 7.32. The van der Waals surface area contributed by atoms with Crippen LogP contribution < -0.4 is 9.64 Å². The van der Waals surface area contributed by atoms with Gasteiger partial charge in [0.05, 0.1) is 18.8 Å². The first-order chi connectivity index (χ1) is 12.8. The molecule has 130 valence electrons. The standard InChI is InChI=1S/C18H17N7O/c1-2-26-15-5-3-13(4-6-15)17-12-25(23-22-17)14-10-24(11-14)18-16(9-19)20-7-8-21-18/h3-8,12,14H,2,10-11H2,1H3. The van der Waals surface area contributed by atoms with Crippen LogP contribution in [0.2, 0.25) is 0 Å². The lowest BCUT2D eigenvalue weighted by Gasteiger charge is -2.39. The second kappa shape index (κ2) is 6.80. The average Bonchev–Trinajstić information content (AvgIpc) is 3.11. The van der Waals surface area contributed by atoms with E-state index in [2.05, 4.69) is 26.3 Å². The van der Waals surface area contributed by atoms with Gasteiger partial charge in [-0.05, 0) is 31.2 Å². The van der Waals surface area contributed by atoms with E-state index < -0.39 is 0 Å². The zero-order valence-corrected chi connectivity index (χ0v) is 14.3. The van der Waals surface area contributed by atoms with Crippen LogP contribution in [0.4, 0.5) is 5.82 Å². The van der Waals surface area contributed by atoms with Gasteiger partial charge < -0.3 is 9.64 Å².